The van der Waals surface area contributed by atoms with Gasteiger partial charge in [-0.3, -0.25) is 0 Å². The van der Waals surface area contributed by atoms with Crippen molar-refractivity contribution in [1.82, 2.24) is 0 Å². The third-order valence-electron chi connectivity index (χ3n) is 2.82. The molecule has 0 aliphatic carbocycles. The summed E-state index contributed by atoms with van der Waals surface area (Å²) in [5.41, 5.74) is 0. The zero-order valence-electron chi connectivity index (χ0n) is 11.1. The monoisotopic (exact) mass is 238 g/mol. The van der Waals surface area contributed by atoms with Gasteiger partial charge in [0.15, 0.2) is 8.32 Å². The van der Waals surface area contributed by atoms with Gasteiger partial charge in [-0.05, 0) is 24.2 Å². The van der Waals surface area contributed by atoms with Gasteiger partial charge >= 0.3 is 0 Å². The Labute approximate surface area is 102 Å². The fraction of sp³-hybridized carbons (Fsp3) is 0.714. The van der Waals surface area contributed by atoms with Crippen LogP contribution < -0.4 is 0 Å². The fourth-order valence-electron chi connectivity index (χ4n) is 2.30. The van der Waals surface area contributed by atoms with Gasteiger partial charge in [0.1, 0.15) is 0 Å². The van der Waals surface area contributed by atoms with Crippen molar-refractivity contribution in [1.29, 1.82) is 0 Å². The highest BCUT2D eigenvalue weighted by molar-refractivity contribution is 6.73. The minimum atomic E-state index is -1.47. The largest absolute Gasteiger partial charge is 0.413 e. The molecule has 0 spiro atoms. The molecule has 0 heterocycles. The highest BCUT2D eigenvalue weighted by Crippen LogP contribution is 2.27. The summed E-state index contributed by atoms with van der Waals surface area (Å²) in [7, 11) is -1.47. The third-order valence-corrected chi connectivity index (χ3v) is 7.83. The molecule has 0 bridgehead atoms. The summed E-state index contributed by atoms with van der Waals surface area (Å²) in [6, 6.07) is 3.87. The topological polar surface area (TPSA) is 9.23 Å². The lowest BCUT2D eigenvalue weighted by molar-refractivity contribution is 0.337. The first-order chi connectivity index (χ1) is 7.74. The van der Waals surface area contributed by atoms with Gasteiger partial charge in [-0.15, -0.1) is 6.42 Å². The molecule has 16 heavy (non-hydrogen) atoms. The summed E-state index contributed by atoms with van der Waals surface area (Å²) in [6.45, 7) is 7.48. The van der Waals surface area contributed by atoms with Crippen molar-refractivity contribution in [2.45, 2.75) is 58.2 Å². The molecule has 92 valence electrons. The minimum absolute atomic E-state index is 0.705. The summed E-state index contributed by atoms with van der Waals surface area (Å²) in [5.74, 6) is 2.50. The van der Waals surface area contributed by atoms with Crippen molar-refractivity contribution in [3.05, 3.63) is 12.2 Å². The van der Waals surface area contributed by atoms with Crippen LogP contribution in [-0.2, 0) is 4.43 Å². The molecule has 0 saturated heterocycles. The van der Waals surface area contributed by atoms with E-state index in [1.54, 1.807) is 6.08 Å². The van der Waals surface area contributed by atoms with Crippen molar-refractivity contribution in [2.24, 2.45) is 0 Å². The molecule has 0 aromatic heterocycles. The molecule has 0 radical (unpaired) electrons. The highest BCUT2D eigenvalue weighted by atomic mass is 28.4. The lowest BCUT2D eigenvalue weighted by Gasteiger charge is -2.30. The Morgan fingerprint density at radius 3 is 1.94 bits per heavy atom. The molecular weight excluding hydrogens is 212 g/mol. The second-order valence-electron chi connectivity index (χ2n) is 4.31. The summed E-state index contributed by atoms with van der Waals surface area (Å²) in [4.78, 5) is 0. The van der Waals surface area contributed by atoms with Gasteiger partial charge < -0.3 is 4.43 Å². The van der Waals surface area contributed by atoms with Gasteiger partial charge in [-0.2, -0.15) is 0 Å². The van der Waals surface area contributed by atoms with Crippen LogP contribution in [0.3, 0.4) is 0 Å². The Bertz CT molecular complexity index is 210. The van der Waals surface area contributed by atoms with Gasteiger partial charge in [-0.25, -0.2) is 0 Å². The van der Waals surface area contributed by atoms with Crippen molar-refractivity contribution >= 4 is 8.32 Å². The maximum atomic E-state index is 6.21. The van der Waals surface area contributed by atoms with E-state index in [0.29, 0.717) is 6.61 Å². The van der Waals surface area contributed by atoms with E-state index in [0.717, 1.165) is 0 Å². The van der Waals surface area contributed by atoms with Gasteiger partial charge in [0.05, 0.1) is 6.61 Å². The summed E-state index contributed by atoms with van der Waals surface area (Å²) in [6.07, 6.45) is 12.6. The van der Waals surface area contributed by atoms with Crippen molar-refractivity contribution in [3.8, 4) is 12.3 Å². The first kappa shape index (κ1) is 15.5. The Balaban J connectivity index is 4.35. The van der Waals surface area contributed by atoms with Crippen LogP contribution in [0.25, 0.3) is 0 Å². The summed E-state index contributed by atoms with van der Waals surface area (Å²) >= 11 is 0. The Hall–Kier alpha value is -0.523. The summed E-state index contributed by atoms with van der Waals surface area (Å²) < 4.78 is 6.21. The SMILES string of the molecule is C#C/C=C/CO[Si](CCC)(CCC)CCC. The molecule has 0 unspecified atom stereocenters. The number of hydrogen-bond donors (Lipinski definition) is 0. The van der Waals surface area contributed by atoms with E-state index < -0.39 is 8.32 Å². The Morgan fingerprint density at radius 2 is 1.56 bits per heavy atom. The number of hydrogen-bond acceptors (Lipinski definition) is 1. The Morgan fingerprint density at radius 1 is 1.06 bits per heavy atom. The van der Waals surface area contributed by atoms with Gasteiger partial charge in [0, 0.05) is 0 Å². The molecule has 0 aromatic carbocycles. The van der Waals surface area contributed by atoms with E-state index in [9.17, 15) is 0 Å². The second-order valence-corrected chi connectivity index (χ2v) is 8.47. The van der Waals surface area contributed by atoms with Crippen LogP contribution in [0.15, 0.2) is 12.2 Å². The van der Waals surface area contributed by atoms with Crippen LogP contribution in [-0.4, -0.2) is 14.9 Å². The lowest BCUT2D eigenvalue weighted by atomic mass is 10.5. The fourth-order valence-corrected chi connectivity index (χ4v) is 6.67. The predicted molar refractivity (Wildman–Crippen MR) is 75.0 cm³/mol. The Kier molecular flexibility index (Phi) is 9.37. The maximum absolute atomic E-state index is 6.21. The summed E-state index contributed by atoms with van der Waals surface area (Å²) in [5, 5.41) is 0. The van der Waals surface area contributed by atoms with E-state index in [4.69, 9.17) is 10.8 Å². The minimum Gasteiger partial charge on any atom is -0.413 e. The van der Waals surface area contributed by atoms with E-state index in [-0.39, 0.29) is 0 Å². The normalized spacial score (nSPS) is 11.9. The van der Waals surface area contributed by atoms with Crippen molar-refractivity contribution in [2.75, 3.05) is 6.61 Å². The molecule has 1 nitrogen and oxygen atoms in total. The average Bonchev–Trinajstić information content (AvgIpc) is 2.26. The molecule has 0 aliphatic rings. The van der Waals surface area contributed by atoms with Crippen molar-refractivity contribution < 1.29 is 4.43 Å². The van der Waals surface area contributed by atoms with Gasteiger partial charge in [-0.1, -0.05) is 52.0 Å². The van der Waals surface area contributed by atoms with Gasteiger partial charge in [0.25, 0.3) is 0 Å². The smallest absolute Gasteiger partial charge is 0.193 e. The maximum Gasteiger partial charge on any atom is 0.193 e. The van der Waals surface area contributed by atoms with Crippen LogP contribution in [0.2, 0.25) is 18.1 Å². The molecule has 0 atom stereocenters. The predicted octanol–water partition coefficient (Wildman–Crippen LogP) is 4.37. The number of terminal acetylenes is 1. The van der Waals surface area contributed by atoms with Crippen LogP contribution >= 0.6 is 0 Å². The van der Waals surface area contributed by atoms with E-state index in [1.165, 1.54) is 37.4 Å². The number of allylic oxidation sites excluding steroid dienone is 1. The molecule has 0 N–H and O–H groups in total. The lowest BCUT2D eigenvalue weighted by Crippen LogP contribution is -2.37. The molecule has 0 aliphatic heterocycles. The second kappa shape index (κ2) is 9.69. The molecule has 2 heteroatoms. The zero-order chi connectivity index (χ0) is 12.3. The first-order valence-electron chi connectivity index (χ1n) is 6.49. The average molecular weight is 238 g/mol. The standard InChI is InChI=1S/C14H26OSi/c1-5-9-10-11-15-16(12-6-2,13-7-3)14-8-4/h1,9-10H,6-8,11-14H2,2-4H3/b10-9+. The van der Waals surface area contributed by atoms with Crippen LogP contribution in [0, 0.1) is 12.3 Å². The highest BCUT2D eigenvalue weighted by Gasteiger charge is 2.31. The molecule has 0 amide bonds. The zero-order valence-corrected chi connectivity index (χ0v) is 12.1. The van der Waals surface area contributed by atoms with Crippen LogP contribution in [0.5, 0.6) is 0 Å². The molecule has 0 fully saturated rings. The van der Waals surface area contributed by atoms with E-state index >= 15 is 0 Å². The molecule has 0 rings (SSSR count). The molecule has 0 aromatic rings. The third kappa shape index (κ3) is 6.15. The van der Waals surface area contributed by atoms with E-state index in [2.05, 4.69) is 26.7 Å². The van der Waals surface area contributed by atoms with Crippen LogP contribution in [0.1, 0.15) is 40.0 Å². The molecular formula is C14H26OSi. The molecule has 0 saturated carbocycles. The van der Waals surface area contributed by atoms with E-state index in [1.807, 2.05) is 6.08 Å². The quantitative estimate of drug-likeness (QED) is 0.428. The number of rotatable bonds is 9. The van der Waals surface area contributed by atoms with Crippen molar-refractivity contribution in [3.63, 3.8) is 0 Å². The van der Waals surface area contributed by atoms with Crippen LogP contribution in [0.4, 0.5) is 0 Å². The van der Waals surface area contributed by atoms with Gasteiger partial charge in [0.2, 0.25) is 0 Å². The first-order valence-corrected chi connectivity index (χ1v) is 9.02.